The van der Waals surface area contributed by atoms with Crippen LogP contribution in [0.4, 0.5) is 0 Å². The van der Waals surface area contributed by atoms with E-state index in [4.69, 9.17) is 0 Å². The van der Waals surface area contributed by atoms with Crippen LogP contribution in [-0.4, -0.2) is 21.8 Å². The van der Waals surface area contributed by atoms with E-state index in [0.29, 0.717) is 12.8 Å². The Bertz CT molecular complexity index is 292. The minimum absolute atomic E-state index is 0.158. The summed E-state index contributed by atoms with van der Waals surface area (Å²) in [5.41, 5.74) is -2.65. The van der Waals surface area contributed by atoms with Gasteiger partial charge in [0.2, 0.25) is 0 Å². The Hall–Kier alpha value is -1.53. The van der Waals surface area contributed by atoms with Gasteiger partial charge in [0.1, 0.15) is 9.85 Å². The topological polar surface area (TPSA) is 103 Å². The molecule has 0 N–H and O–H groups in total. The maximum absolute atomic E-state index is 10.7. The fourth-order valence-corrected chi connectivity index (χ4v) is 1.91. The molecule has 0 spiro atoms. The van der Waals surface area contributed by atoms with Crippen LogP contribution in [0.25, 0.3) is 0 Å². The molecule has 0 aromatic heterocycles. The van der Waals surface area contributed by atoms with Gasteiger partial charge in [0.15, 0.2) is 0 Å². The Morgan fingerprint density at radius 2 is 1.32 bits per heavy atom. The molecule has 7 nitrogen and oxygen atoms in total. The van der Waals surface area contributed by atoms with Gasteiger partial charge in [0.25, 0.3) is 6.29 Å². The van der Waals surface area contributed by atoms with Gasteiger partial charge in [-0.05, 0) is 6.42 Å². The highest BCUT2D eigenvalue weighted by molar-refractivity contribution is 5.59. The van der Waals surface area contributed by atoms with Crippen LogP contribution < -0.4 is 0 Å². The molecule has 0 heterocycles. The van der Waals surface area contributed by atoms with Crippen molar-refractivity contribution in [3.8, 4) is 0 Å². The van der Waals surface area contributed by atoms with Crippen LogP contribution in [0.3, 0.4) is 0 Å². The predicted octanol–water partition coefficient (Wildman–Crippen LogP) is 2.97. The molecular formula is C12H22N2O5. The molecule has 0 amide bonds. The average molecular weight is 274 g/mol. The molecule has 19 heavy (non-hydrogen) atoms. The van der Waals surface area contributed by atoms with E-state index in [1.807, 2.05) is 0 Å². The second-order valence-corrected chi connectivity index (χ2v) is 4.74. The minimum atomic E-state index is -2.65. The van der Waals surface area contributed by atoms with Crippen molar-refractivity contribution in [3.63, 3.8) is 0 Å². The van der Waals surface area contributed by atoms with Crippen molar-refractivity contribution in [2.45, 2.75) is 70.4 Å². The average Bonchev–Trinajstić information content (AvgIpc) is 2.36. The van der Waals surface area contributed by atoms with Crippen LogP contribution in [0.2, 0.25) is 0 Å². The minimum Gasteiger partial charge on any atom is -0.287 e. The summed E-state index contributed by atoms with van der Waals surface area (Å²) in [6.07, 6.45) is 7.14. The molecule has 7 heteroatoms. The smallest absolute Gasteiger partial charge is 0.287 e. The largest absolute Gasteiger partial charge is 0.512 e. The first kappa shape index (κ1) is 17.5. The molecular weight excluding hydrogens is 252 g/mol. The summed E-state index contributed by atoms with van der Waals surface area (Å²) in [7, 11) is 0. The summed E-state index contributed by atoms with van der Waals surface area (Å²) >= 11 is 0. The SMILES string of the molecule is CCCCCCCCCCC(C=O)([N+](=O)[O-])[N+](=O)[O-]. The van der Waals surface area contributed by atoms with Crippen molar-refractivity contribution in [1.29, 1.82) is 0 Å². The molecule has 0 aliphatic carbocycles. The van der Waals surface area contributed by atoms with E-state index >= 15 is 0 Å². The summed E-state index contributed by atoms with van der Waals surface area (Å²) < 4.78 is 0. The third-order valence-corrected chi connectivity index (χ3v) is 3.22. The molecule has 0 aromatic rings. The molecule has 0 radical (unpaired) electrons. The number of nitro groups is 2. The summed E-state index contributed by atoms with van der Waals surface area (Å²) in [4.78, 5) is 29.8. The number of rotatable bonds is 12. The lowest BCUT2D eigenvalue weighted by atomic mass is 10.0. The molecule has 0 fully saturated rings. The predicted molar refractivity (Wildman–Crippen MR) is 70.0 cm³/mol. The molecule has 0 unspecified atom stereocenters. The number of hydrogen-bond acceptors (Lipinski definition) is 5. The van der Waals surface area contributed by atoms with E-state index in [-0.39, 0.29) is 12.7 Å². The first-order chi connectivity index (χ1) is 9.01. The van der Waals surface area contributed by atoms with Crippen molar-refractivity contribution in [3.05, 3.63) is 20.2 Å². The van der Waals surface area contributed by atoms with Crippen LogP contribution in [0.5, 0.6) is 0 Å². The van der Waals surface area contributed by atoms with Crippen LogP contribution in [0, 0.1) is 20.2 Å². The second-order valence-electron chi connectivity index (χ2n) is 4.74. The van der Waals surface area contributed by atoms with Crippen LogP contribution in [0.15, 0.2) is 0 Å². The van der Waals surface area contributed by atoms with Crippen LogP contribution >= 0.6 is 0 Å². The number of carbonyl (C=O) groups excluding carboxylic acids is 1. The molecule has 0 rings (SSSR count). The quantitative estimate of drug-likeness (QED) is 0.179. The van der Waals surface area contributed by atoms with Crippen molar-refractivity contribution in [2.24, 2.45) is 0 Å². The van der Waals surface area contributed by atoms with E-state index in [2.05, 4.69) is 6.92 Å². The molecule has 110 valence electrons. The number of hydrogen-bond donors (Lipinski definition) is 0. The third kappa shape index (κ3) is 5.76. The first-order valence-corrected chi connectivity index (χ1v) is 6.76. The highest BCUT2D eigenvalue weighted by Gasteiger charge is 2.55. The maximum atomic E-state index is 10.7. The van der Waals surface area contributed by atoms with Gasteiger partial charge in [0, 0.05) is 0 Å². The zero-order valence-corrected chi connectivity index (χ0v) is 11.4. The Morgan fingerprint density at radius 1 is 0.895 bits per heavy atom. The lowest BCUT2D eigenvalue weighted by Crippen LogP contribution is -2.47. The standard InChI is InChI=1S/C12H22N2O5/c1-2-3-4-5-6-7-8-9-10-12(11-15,13(16)17)14(18)19/h11H,2-10H2,1H3. The van der Waals surface area contributed by atoms with Gasteiger partial charge >= 0.3 is 5.66 Å². The summed E-state index contributed by atoms with van der Waals surface area (Å²) in [5.74, 6) is 0. The Labute approximate surface area is 112 Å². The van der Waals surface area contributed by atoms with E-state index in [0.717, 1.165) is 19.3 Å². The Kier molecular flexibility index (Phi) is 8.65. The molecule has 0 aromatic carbocycles. The van der Waals surface area contributed by atoms with Gasteiger partial charge in [-0.2, -0.15) is 0 Å². The van der Waals surface area contributed by atoms with Gasteiger partial charge in [-0.25, -0.2) is 0 Å². The highest BCUT2D eigenvalue weighted by Crippen LogP contribution is 2.19. The number of unbranched alkanes of at least 4 members (excludes halogenated alkanes) is 7. The van der Waals surface area contributed by atoms with Crippen molar-refractivity contribution < 1.29 is 14.6 Å². The van der Waals surface area contributed by atoms with Crippen LogP contribution in [-0.2, 0) is 4.79 Å². The van der Waals surface area contributed by atoms with E-state index in [9.17, 15) is 25.0 Å². The number of nitrogens with zero attached hydrogens (tertiary/aromatic N) is 2. The molecule has 0 atom stereocenters. The van der Waals surface area contributed by atoms with Crippen LogP contribution in [0.1, 0.15) is 64.7 Å². The molecule has 0 aliphatic rings. The second kappa shape index (κ2) is 9.41. The summed E-state index contributed by atoms with van der Waals surface area (Å²) in [5, 5.41) is 21.3. The van der Waals surface area contributed by atoms with Crippen molar-refractivity contribution in [2.75, 3.05) is 0 Å². The number of aldehydes is 1. The molecule has 0 bridgehead atoms. The zero-order chi connectivity index (χ0) is 14.7. The fourth-order valence-electron chi connectivity index (χ4n) is 1.91. The van der Waals surface area contributed by atoms with E-state index < -0.39 is 15.5 Å². The molecule has 0 saturated heterocycles. The number of carbonyl (C=O) groups is 1. The van der Waals surface area contributed by atoms with Gasteiger partial charge in [0.05, 0.1) is 6.42 Å². The lowest BCUT2D eigenvalue weighted by molar-refractivity contribution is -0.774. The van der Waals surface area contributed by atoms with Gasteiger partial charge in [-0.15, -0.1) is 0 Å². The summed E-state index contributed by atoms with van der Waals surface area (Å²) in [6, 6.07) is 0. The summed E-state index contributed by atoms with van der Waals surface area (Å²) in [6.45, 7) is 2.13. The van der Waals surface area contributed by atoms with Gasteiger partial charge in [-0.3, -0.25) is 25.0 Å². The maximum Gasteiger partial charge on any atom is 0.512 e. The van der Waals surface area contributed by atoms with E-state index in [1.165, 1.54) is 19.3 Å². The van der Waals surface area contributed by atoms with Gasteiger partial charge < -0.3 is 0 Å². The Balaban J connectivity index is 3.93. The highest BCUT2D eigenvalue weighted by atomic mass is 16.7. The van der Waals surface area contributed by atoms with Crippen molar-refractivity contribution in [1.82, 2.24) is 0 Å². The molecule has 0 aliphatic heterocycles. The fraction of sp³-hybridized carbons (Fsp3) is 0.917. The first-order valence-electron chi connectivity index (χ1n) is 6.76. The van der Waals surface area contributed by atoms with Gasteiger partial charge in [-0.1, -0.05) is 51.9 Å². The normalized spacial score (nSPS) is 11.2. The van der Waals surface area contributed by atoms with E-state index in [1.54, 1.807) is 0 Å². The Morgan fingerprint density at radius 3 is 1.68 bits per heavy atom. The zero-order valence-electron chi connectivity index (χ0n) is 11.4. The molecule has 0 saturated carbocycles. The van der Waals surface area contributed by atoms with Crippen molar-refractivity contribution >= 4 is 6.29 Å². The third-order valence-electron chi connectivity index (χ3n) is 3.22. The lowest BCUT2D eigenvalue weighted by Gasteiger charge is -2.10. The monoisotopic (exact) mass is 274 g/mol.